The summed E-state index contributed by atoms with van der Waals surface area (Å²) >= 11 is 0. The molecule has 3 nitrogen and oxygen atoms in total. The van der Waals surface area contributed by atoms with Crippen molar-refractivity contribution in [2.45, 2.75) is 38.1 Å². The highest BCUT2D eigenvalue weighted by molar-refractivity contribution is 5.96. The first-order chi connectivity index (χ1) is 9.34. The Morgan fingerprint density at radius 3 is 2.95 bits per heavy atom. The summed E-state index contributed by atoms with van der Waals surface area (Å²) in [6.45, 7) is 2.82. The quantitative estimate of drug-likeness (QED) is 0.821. The lowest BCUT2D eigenvalue weighted by molar-refractivity contribution is 0.0759. The van der Waals surface area contributed by atoms with Gasteiger partial charge in [-0.05, 0) is 50.3 Å². The molecule has 0 saturated heterocycles. The number of nitrogens with one attached hydrogen (secondary N) is 1. The van der Waals surface area contributed by atoms with Crippen LogP contribution in [0.2, 0.25) is 0 Å². The fraction of sp³-hybridized carbons (Fsp3) is 0.562. The lowest BCUT2D eigenvalue weighted by Crippen LogP contribution is -2.33. The van der Waals surface area contributed by atoms with Gasteiger partial charge < -0.3 is 10.2 Å². The third-order valence-corrected chi connectivity index (χ3v) is 4.02. The zero-order valence-electron chi connectivity index (χ0n) is 11.4. The summed E-state index contributed by atoms with van der Waals surface area (Å²) in [6, 6.07) is 8.82. The van der Waals surface area contributed by atoms with E-state index in [0.29, 0.717) is 0 Å². The summed E-state index contributed by atoms with van der Waals surface area (Å²) in [5.74, 6) is 0.222. The van der Waals surface area contributed by atoms with E-state index in [2.05, 4.69) is 11.4 Å². The Kier molecular flexibility index (Phi) is 3.83. The largest absolute Gasteiger partial charge is 0.339 e. The number of carbonyl (C=O) groups is 1. The smallest absolute Gasteiger partial charge is 0.254 e. The average Bonchev–Trinajstić information content (AvgIpc) is 3.25. The molecule has 3 rings (SSSR count). The zero-order valence-corrected chi connectivity index (χ0v) is 11.4. The molecule has 0 radical (unpaired) electrons. The van der Waals surface area contributed by atoms with Crippen molar-refractivity contribution >= 4 is 5.91 Å². The number of hydrogen-bond donors (Lipinski definition) is 1. The first-order valence-electron chi connectivity index (χ1n) is 7.45. The van der Waals surface area contributed by atoms with Gasteiger partial charge in [0.1, 0.15) is 0 Å². The van der Waals surface area contributed by atoms with Gasteiger partial charge in [0.25, 0.3) is 5.91 Å². The fourth-order valence-electron chi connectivity index (χ4n) is 2.76. The van der Waals surface area contributed by atoms with Crippen molar-refractivity contribution in [3.63, 3.8) is 0 Å². The van der Waals surface area contributed by atoms with Crippen LogP contribution in [0, 0.1) is 0 Å². The van der Waals surface area contributed by atoms with Crippen LogP contribution in [0.3, 0.4) is 0 Å². The molecule has 1 saturated carbocycles. The lowest BCUT2D eigenvalue weighted by Gasteiger charge is -2.21. The van der Waals surface area contributed by atoms with E-state index >= 15 is 0 Å². The summed E-state index contributed by atoms with van der Waals surface area (Å²) in [6.07, 6.45) is 5.83. The van der Waals surface area contributed by atoms with Gasteiger partial charge in [-0.15, -0.1) is 0 Å². The van der Waals surface area contributed by atoms with Gasteiger partial charge in [0.2, 0.25) is 0 Å². The Morgan fingerprint density at radius 2 is 2.11 bits per heavy atom. The number of aryl methyl sites for hydroxylation is 1. The molecule has 1 amide bonds. The molecule has 1 N–H and O–H groups in total. The van der Waals surface area contributed by atoms with E-state index < -0.39 is 0 Å². The van der Waals surface area contributed by atoms with E-state index in [1.807, 2.05) is 23.1 Å². The van der Waals surface area contributed by atoms with Gasteiger partial charge in [0.15, 0.2) is 0 Å². The molecule has 102 valence electrons. The third kappa shape index (κ3) is 3.16. The molecule has 1 fully saturated rings. The second-order valence-electron chi connectivity index (χ2n) is 5.63. The molecule has 0 unspecified atom stereocenters. The van der Waals surface area contributed by atoms with Crippen LogP contribution in [0.5, 0.6) is 0 Å². The maximum atomic E-state index is 12.5. The number of rotatable bonds is 5. The maximum Gasteiger partial charge on any atom is 0.254 e. The van der Waals surface area contributed by atoms with Crippen molar-refractivity contribution in [3.05, 3.63) is 35.4 Å². The van der Waals surface area contributed by atoms with Gasteiger partial charge in [-0.2, -0.15) is 0 Å². The van der Waals surface area contributed by atoms with Crippen LogP contribution >= 0.6 is 0 Å². The summed E-state index contributed by atoms with van der Waals surface area (Å²) in [4.78, 5) is 14.5. The van der Waals surface area contributed by atoms with Crippen LogP contribution in [0.1, 0.15) is 41.6 Å². The molecule has 1 aliphatic carbocycles. The number of fused-ring (bicyclic) bond motifs is 1. The first-order valence-corrected chi connectivity index (χ1v) is 7.45. The second-order valence-corrected chi connectivity index (χ2v) is 5.63. The van der Waals surface area contributed by atoms with Crippen LogP contribution in [0.15, 0.2) is 24.3 Å². The van der Waals surface area contributed by atoms with Gasteiger partial charge >= 0.3 is 0 Å². The minimum absolute atomic E-state index is 0.222. The number of nitrogens with zero attached hydrogens (tertiary/aromatic N) is 1. The molecule has 0 aromatic heterocycles. The second kappa shape index (κ2) is 5.74. The summed E-state index contributed by atoms with van der Waals surface area (Å²) in [5.41, 5.74) is 2.13. The van der Waals surface area contributed by atoms with E-state index in [1.165, 1.54) is 18.4 Å². The Balaban J connectivity index is 1.57. The monoisotopic (exact) mass is 258 g/mol. The molecule has 0 bridgehead atoms. The van der Waals surface area contributed by atoms with E-state index in [9.17, 15) is 4.79 Å². The Bertz CT molecular complexity index is 454. The highest BCUT2D eigenvalue weighted by atomic mass is 16.2. The standard InChI is InChI=1S/C16H22N2O/c19-16-15-7-2-1-5-13(15)6-3-11-18(16)12-4-10-17-14-8-9-14/h1-2,5,7,14,17H,3-4,6,8-12H2. The minimum atomic E-state index is 0.222. The third-order valence-electron chi connectivity index (χ3n) is 4.02. The fourth-order valence-corrected chi connectivity index (χ4v) is 2.76. The predicted molar refractivity (Wildman–Crippen MR) is 76.3 cm³/mol. The van der Waals surface area contributed by atoms with Gasteiger partial charge in [-0.25, -0.2) is 0 Å². The van der Waals surface area contributed by atoms with Crippen LogP contribution in [-0.4, -0.2) is 36.5 Å². The zero-order chi connectivity index (χ0) is 13.1. The Morgan fingerprint density at radius 1 is 1.26 bits per heavy atom. The van der Waals surface area contributed by atoms with E-state index in [4.69, 9.17) is 0 Å². The van der Waals surface area contributed by atoms with Gasteiger partial charge in [0.05, 0.1) is 0 Å². The van der Waals surface area contributed by atoms with Crippen molar-refractivity contribution in [2.75, 3.05) is 19.6 Å². The molecule has 1 heterocycles. The van der Waals surface area contributed by atoms with Crippen molar-refractivity contribution in [2.24, 2.45) is 0 Å². The summed E-state index contributed by atoms with van der Waals surface area (Å²) in [5, 5.41) is 3.51. The van der Waals surface area contributed by atoms with Gasteiger partial charge in [-0.3, -0.25) is 4.79 Å². The van der Waals surface area contributed by atoms with E-state index in [0.717, 1.165) is 50.5 Å². The molecular weight excluding hydrogens is 236 g/mol. The van der Waals surface area contributed by atoms with Crippen molar-refractivity contribution in [1.29, 1.82) is 0 Å². The Hall–Kier alpha value is -1.35. The van der Waals surface area contributed by atoms with Crippen LogP contribution in [0.4, 0.5) is 0 Å². The molecule has 2 aliphatic rings. The van der Waals surface area contributed by atoms with Gasteiger partial charge in [-0.1, -0.05) is 18.2 Å². The molecule has 1 aromatic rings. The molecule has 1 aliphatic heterocycles. The maximum absolute atomic E-state index is 12.5. The molecule has 0 spiro atoms. The van der Waals surface area contributed by atoms with Crippen LogP contribution in [-0.2, 0) is 6.42 Å². The number of carbonyl (C=O) groups excluding carboxylic acids is 1. The SMILES string of the molecule is O=C1c2ccccc2CCCN1CCCNC1CC1. The van der Waals surface area contributed by atoms with Crippen molar-refractivity contribution in [1.82, 2.24) is 10.2 Å². The highest BCUT2D eigenvalue weighted by Crippen LogP contribution is 2.19. The van der Waals surface area contributed by atoms with Crippen molar-refractivity contribution in [3.8, 4) is 0 Å². The molecule has 1 aromatic carbocycles. The average molecular weight is 258 g/mol. The topological polar surface area (TPSA) is 32.3 Å². The molecule has 3 heteroatoms. The number of amides is 1. The predicted octanol–water partition coefficient (Wildman–Crippen LogP) is 2.22. The van der Waals surface area contributed by atoms with E-state index in [-0.39, 0.29) is 5.91 Å². The molecular formula is C16H22N2O. The highest BCUT2D eigenvalue weighted by Gasteiger charge is 2.22. The van der Waals surface area contributed by atoms with Crippen LogP contribution < -0.4 is 5.32 Å². The first kappa shape index (κ1) is 12.7. The molecule has 19 heavy (non-hydrogen) atoms. The summed E-state index contributed by atoms with van der Waals surface area (Å²) < 4.78 is 0. The van der Waals surface area contributed by atoms with Crippen LogP contribution in [0.25, 0.3) is 0 Å². The number of benzene rings is 1. The lowest BCUT2D eigenvalue weighted by atomic mass is 10.0. The van der Waals surface area contributed by atoms with E-state index in [1.54, 1.807) is 0 Å². The summed E-state index contributed by atoms with van der Waals surface area (Å²) in [7, 11) is 0. The minimum Gasteiger partial charge on any atom is -0.339 e. The van der Waals surface area contributed by atoms with Crippen molar-refractivity contribution < 1.29 is 4.79 Å². The normalized spacial score (nSPS) is 19.2. The number of hydrogen-bond acceptors (Lipinski definition) is 2. The Labute approximate surface area is 115 Å². The van der Waals surface area contributed by atoms with Gasteiger partial charge in [0, 0.05) is 24.7 Å². The molecule has 0 atom stereocenters.